The highest BCUT2D eigenvalue weighted by Gasteiger charge is 2.75. The van der Waals surface area contributed by atoms with Crippen molar-refractivity contribution in [2.24, 2.45) is 11.8 Å². The minimum atomic E-state index is -1.17. The normalized spacial score (nSPS) is 29.6. The molecule has 1 aromatic rings. The Labute approximate surface area is 210 Å². The molecule has 1 aromatic carbocycles. The average Bonchev–Trinajstić information content (AvgIpc) is 3.50. The fourth-order valence-corrected chi connectivity index (χ4v) is 5.89. The zero-order valence-corrected chi connectivity index (χ0v) is 20.5. The third kappa shape index (κ3) is 4.17. The Morgan fingerprint density at radius 3 is 2.69 bits per heavy atom. The van der Waals surface area contributed by atoms with Gasteiger partial charge in [0.25, 0.3) is 5.91 Å². The van der Waals surface area contributed by atoms with Crippen molar-refractivity contribution in [2.45, 2.75) is 50.0 Å². The fourth-order valence-electron chi connectivity index (χ4n) is 5.76. The Hall–Kier alpha value is -2.68. The van der Waals surface area contributed by atoms with E-state index in [0.29, 0.717) is 30.0 Å². The molecule has 188 valence electrons. The third-order valence-electron chi connectivity index (χ3n) is 7.27. The number of nitrogens with zero attached hydrogens (tertiary/aromatic N) is 2. The zero-order chi connectivity index (χ0) is 25.3. The summed E-state index contributed by atoms with van der Waals surface area (Å²) >= 11 is 6.04. The molecular weight excluding hydrogens is 472 g/mol. The molecule has 0 radical (unpaired) electrons. The van der Waals surface area contributed by atoms with Crippen molar-refractivity contribution in [3.63, 3.8) is 0 Å². The second-order valence-electron chi connectivity index (χ2n) is 9.29. The van der Waals surface area contributed by atoms with E-state index >= 15 is 0 Å². The highest BCUT2D eigenvalue weighted by molar-refractivity contribution is 6.30. The summed E-state index contributed by atoms with van der Waals surface area (Å²) in [7, 11) is 0. The highest BCUT2D eigenvalue weighted by atomic mass is 35.5. The lowest BCUT2D eigenvalue weighted by Gasteiger charge is -2.38. The van der Waals surface area contributed by atoms with Crippen molar-refractivity contribution in [1.82, 2.24) is 4.90 Å². The van der Waals surface area contributed by atoms with Crippen LogP contribution in [-0.4, -0.2) is 71.3 Å². The number of anilines is 1. The van der Waals surface area contributed by atoms with E-state index in [-0.39, 0.29) is 31.6 Å². The molecule has 0 aliphatic carbocycles. The Bertz CT molecular complexity index is 1010. The molecule has 1 N–H and O–H groups in total. The number of hydrogen-bond donors (Lipinski definition) is 1. The molecule has 3 fully saturated rings. The Balaban J connectivity index is 1.74. The van der Waals surface area contributed by atoms with E-state index in [1.807, 2.05) is 0 Å². The van der Waals surface area contributed by atoms with Gasteiger partial charge in [-0.2, -0.15) is 0 Å². The lowest BCUT2D eigenvalue weighted by atomic mass is 9.70. The summed E-state index contributed by atoms with van der Waals surface area (Å²) in [6, 6.07) is 5.16. The SMILES string of the molecule is C=CCCOC(=O)[C@@H]1[C@H]2C(=O)N([C@H](C)CO)C(C(=O)N(CC=C)c3ccc(Cl)cc3)C23CC[C@H]1O3. The number of benzene rings is 1. The number of halogens is 1. The first kappa shape index (κ1) is 25.4. The molecule has 0 saturated carbocycles. The fraction of sp³-hybridized carbons (Fsp3) is 0.500. The summed E-state index contributed by atoms with van der Waals surface area (Å²) in [6.45, 7) is 9.12. The summed E-state index contributed by atoms with van der Waals surface area (Å²) in [5.74, 6) is -2.87. The number of ether oxygens (including phenoxy) is 2. The summed E-state index contributed by atoms with van der Waals surface area (Å²) < 4.78 is 11.8. The summed E-state index contributed by atoms with van der Waals surface area (Å²) in [6.07, 6.45) is 4.25. The predicted octanol–water partition coefficient (Wildman–Crippen LogP) is 2.73. The van der Waals surface area contributed by atoms with Gasteiger partial charge in [0.2, 0.25) is 5.91 Å². The lowest BCUT2D eigenvalue weighted by Crippen LogP contribution is -2.58. The molecule has 3 aliphatic heterocycles. The van der Waals surface area contributed by atoms with Gasteiger partial charge in [-0.05, 0) is 50.5 Å². The maximum atomic E-state index is 14.2. The van der Waals surface area contributed by atoms with Gasteiger partial charge < -0.3 is 24.4 Å². The van der Waals surface area contributed by atoms with E-state index < -0.39 is 41.6 Å². The van der Waals surface area contributed by atoms with Crippen molar-refractivity contribution in [2.75, 3.05) is 24.7 Å². The number of fused-ring (bicyclic) bond motifs is 1. The van der Waals surface area contributed by atoms with Gasteiger partial charge in [-0.25, -0.2) is 0 Å². The van der Waals surface area contributed by atoms with Crippen LogP contribution in [-0.2, 0) is 23.9 Å². The number of esters is 1. The van der Waals surface area contributed by atoms with E-state index in [1.54, 1.807) is 43.3 Å². The minimum Gasteiger partial charge on any atom is -0.465 e. The van der Waals surface area contributed by atoms with Crippen LogP contribution in [0.4, 0.5) is 5.69 Å². The number of hydrogen-bond acceptors (Lipinski definition) is 6. The van der Waals surface area contributed by atoms with Crippen LogP contribution in [0, 0.1) is 11.8 Å². The molecule has 3 heterocycles. The molecule has 4 rings (SSSR count). The van der Waals surface area contributed by atoms with Crippen LogP contribution in [0.25, 0.3) is 0 Å². The van der Waals surface area contributed by atoms with Gasteiger partial charge in [0.15, 0.2) is 0 Å². The Morgan fingerprint density at radius 1 is 1.34 bits per heavy atom. The number of likely N-dealkylation sites (tertiary alicyclic amines) is 1. The van der Waals surface area contributed by atoms with Gasteiger partial charge in [-0.3, -0.25) is 14.4 Å². The van der Waals surface area contributed by atoms with Gasteiger partial charge >= 0.3 is 5.97 Å². The van der Waals surface area contributed by atoms with E-state index in [0.717, 1.165) is 0 Å². The maximum absolute atomic E-state index is 14.2. The summed E-state index contributed by atoms with van der Waals surface area (Å²) in [5, 5.41) is 10.5. The van der Waals surface area contributed by atoms with Crippen molar-refractivity contribution in [3.05, 3.63) is 54.6 Å². The first-order valence-corrected chi connectivity index (χ1v) is 12.2. The Morgan fingerprint density at radius 2 is 2.06 bits per heavy atom. The van der Waals surface area contributed by atoms with E-state index in [1.165, 1.54) is 9.80 Å². The maximum Gasteiger partial charge on any atom is 0.312 e. The molecule has 9 heteroatoms. The topological polar surface area (TPSA) is 96.4 Å². The number of rotatable bonds is 10. The van der Waals surface area contributed by atoms with Crippen LogP contribution in [0.1, 0.15) is 26.2 Å². The predicted molar refractivity (Wildman–Crippen MR) is 131 cm³/mol. The largest absolute Gasteiger partial charge is 0.465 e. The van der Waals surface area contributed by atoms with Crippen LogP contribution in [0.2, 0.25) is 5.02 Å². The molecule has 3 saturated heterocycles. The summed E-state index contributed by atoms with van der Waals surface area (Å²) in [4.78, 5) is 43.9. The monoisotopic (exact) mass is 502 g/mol. The first-order chi connectivity index (χ1) is 16.8. The number of carbonyl (C=O) groups excluding carboxylic acids is 3. The van der Waals surface area contributed by atoms with Crippen molar-refractivity contribution >= 4 is 35.1 Å². The van der Waals surface area contributed by atoms with Gasteiger partial charge in [0, 0.05) is 17.3 Å². The first-order valence-electron chi connectivity index (χ1n) is 11.9. The Kier molecular flexibility index (Phi) is 7.35. The standard InChI is InChI=1S/C26H31ClN2O6/c1-4-6-14-34-25(33)20-19-11-12-26(35-19)21(20)23(31)29(16(3)15-30)22(26)24(32)28(13-5-2)18-9-7-17(27)8-10-18/h4-5,7-10,16,19-22,30H,1-2,6,11-15H2,3H3/t16-,19-,20+,21+,22?,26?/m1/s1. The number of carbonyl (C=O) groups is 3. The van der Waals surface area contributed by atoms with Crippen molar-refractivity contribution in [1.29, 1.82) is 0 Å². The second kappa shape index (κ2) is 10.1. The molecular formula is C26H31ClN2O6. The van der Waals surface area contributed by atoms with Gasteiger partial charge in [0.1, 0.15) is 11.6 Å². The van der Waals surface area contributed by atoms with Gasteiger partial charge in [-0.15, -0.1) is 13.2 Å². The number of aliphatic hydroxyl groups excluding tert-OH is 1. The zero-order valence-electron chi connectivity index (χ0n) is 19.8. The van der Waals surface area contributed by atoms with E-state index in [4.69, 9.17) is 21.1 Å². The number of aliphatic hydroxyl groups is 1. The molecule has 6 atom stereocenters. The van der Waals surface area contributed by atoms with Crippen LogP contribution in [0.15, 0.2) is 49.6 Å². The third-order valence-corrected chi connectivity index (χ3v) is 7.52. The molecule has 1 spiro atoms. The van der Waals surface area contributed by atoms with Crippen LogP contribution < -0.4 is 4.90 Å². The highest BCUT2D eigenvalue weighted by Crippen LogP contribution is 2.59. The van der Waals surface area contributed by atoms with Crippen molar-refractivity contribution in [3.8, 4) is 0 Å². The molecule has 2 amide bonds. The molecule has 3 aliphatic rings. The van der Waals surface area contributed by atoms with Crippen LogP contribution in [0.5, 0.6) is 0 Å². The molecule has 2 bridgehead atoms. The van der Waals surface area contributed by atoms with Gasteiger partial charge in [0.05, 0.1) is 37.2 Å². The lowest BCUT2D eigenvalue weighted by molar-refractivity contribution is -0.155. The summed E-state index contributed by atoms with van der Waals surface area (Å²) in [5.41, 5.74) is -0.577. The van der Waals surface area contributed by atoms with Crippen LogP contribution in [0.3, 0.4) is 0 Å². The molecule has 0 aromatic heterocycles. The average molecular weight is 503 g/mol. The van der Waals surface area contributed by atoms with Crippen LogP contribution >= 0.6 is 11.6 Å². The number of amides is 2. The molecule has 35 heavy (non-hydrogen) atoms. The van der Waals surface area contributed by atoms with Gasteiger partial charge in [-0.1, -0.05) is 23.8 Å². The smallest absolute Gasteiger partial charge is 0.312 e. The van der Waals surface area contributed by atoms with E-state index in [2.05, 4.69) is 13.2 Å². The molecule has 2 unspecified atom stereocenters. The van der Waals surface area contributed by atoms with Crippen molar-refractivity contribution < 1.29 is 29.0 Å². The minimum absolute atomic E-state index is 0.169. The quantitative estimate of drug-likeness (QED) is 0.300. The molecule has 8 nitrogen and oxygen atoms in total. The van der Waals surface area contributed by atoms with E-state index in [9.17, 15) is 19.5 Å². The second-order valence-corrected chi connectivity index (χ2v) is 9.73.